The molecule has 3 heterocycles. The van der Waals surface area contributed by atoms with Gasteiger partial charge in [0.05, 0.1) is 11.6 Å². The Bertz CT molecular complexity index is 940. The van der Waals surface area contributed by atoms with Crippen LogP contribution in [0.4, 0.5) is 26.3 Å². The van der Waals surface area contributed by atoms with Crippen LogP contribution in [0.5, 0.6) is 0 Å². The van der Waals surface area contributed by atoms with Gasteiger partial charge in [-0.25, -0.2) is 9.59 Å². The van der Waals surface area contributed by atoms with Crippen molar-refractivity contribution in [3.8, 4) is 0 Å². The van der Waals surface area contributed by atoms with Crippen molar-refractivity contribution in [1.82, 2.24) is 20.1 Å². The number of carbonyl (C=O) groups excluding carboxylic acids is 2. The number of hydrogen-bond donors (Lipinski definition) is 4. The Kier molecular flexibility index (Phi) is 9.57. The summed E-state index contributed by atoms with van der Waals surface area (Å²) in [6, 6.07) is 2.08. The van der Waals surface area contributed by atoms with E-state index in [1.54, 1.807) is 12.4 Å². The molecule has 4 rings (SSSR count). The number of likely N-dealkylation sites (tertiary alicyclic amines) is 2. The number of likely N-dealkylation sites (N-methyl/N-ethyl adjacent to an activating group) is 1. The van der Waals surface area contributed by atoms with Crippen LogP contribution in [-0.4, -0.2) is 99.9 Å². The first-order valence-corrected chi connectivity index (χ1v) is 11.0. The highest BCUT2D eigenvalue weighted by Crippen LogP contribution is 2.35. The lowest BCUT2D eigenvalue weighted by molar-refractivity contribution is -0.193. The number of alkyl halides is 6. The molecule has 208 valence electrons. The van der Waals surface area contributed by atoms with Crippen molar-refractivity contribution in [2.24, 2.45) is 11.8 Å². The molecule has 3 aliphatic rings. The van der Waals surface area contributed by atoms with Crippen molar-refractivity contribution >= 4 is 23.8 Å². The fourth-order valence-corrected chi connectivity index (χ4v) is 4.01. The summed E-state index contributed by atoms with van der Waals surface area (Å²) in [7, 11) is 2.02. The number of H-pyrrole nitrogens is 1. The number of carbonyl (C=O) groups is 4. The average Bonchev–Trinajstić information content (AvgIpc) is 3.17. The molecule has 3 fully saturated rings. The number of fused-ring (bicyclic) bond motifs is 1. The smallest absolute Gasteiger partial charge is 0.475 e. The normalized spacial score (nSPS) is 23.2. The van der Waals surface area contributed by atoms with Gasteiger partial charge >= 0.3 is 24.3 Å². The van der Waals surface area contributed by atoms with Crippen LogP contribution >= 0.6 is 0 Å². The first kappa shape index (κ1) is 29.9. The highest BCUT2D eigenvalue weighted by molar-refractivity contribution is 5.94. The Labute approximate surface area is 206 Å². The summed E-state index contributed by atoms with van der Waals surface area (Å²) in [6.45, 7) is 2.31. The molecule has 1 saturated carbocycles. The van der Waals surface area contributed by atoms with E-state index in [0.717, 1.165) is 26.1 Å². The largest absolute Gasteiger partial charge is 0.490 e. The second-order valence-electron chi connectivity index (χ2n) is 8.85. The number of halogens is 6. The second kappa shape index (κ2) is 11.8. The van der Waals surface area contributed by atoms with E-state index in [1.165, 1.54) is 12.8 Å². The van der Waals surface area contributed by atoms with Gasteiger partial charge in [-0.2, -0.15) is 26.3 Å². The number of aliphatic carboxylic acids is 2. The maximum absolute atomic E-state index is 12.5. The molecule has 1 aliphatic carbocycles. The van der Waals surface area contributed by atoms with Crippen LogP contribution in [-0.2, 0) is 14.4 Å². The number of carboxylic acid groups (broad SMARTS) is 2. The maximum atomic E-state index is 12.5. The zero-order chi connectivity index (χ0) is 28.1. The van der Waals surface area contributed by atoms with E-state index in [2.05, 4.69) is 15.2 Å². The molecular weight excluding hydrogens is 518 g/mol. The van der Waals surface area contributed by atoms with Crippen molar-refractivity contribution < 1.29 is 55.7 Å². The third-order valence-electron chi connectivity index (χ3n) is 6.13. The van der Waals surface area contributed by atoms with Gasteiger partial charge in [0.2, 0.25) is 5.91 Å². The van der Waals surface area contributed by atoms with Gasteiger partial charge in [0.25, 0.3) is 5.91 Å². The molecule has 1 aromatic heterocycles. The zero-order valence-corrected chi connectivity index (χ0v) is 19.5. The number of hydrogen-bond acceptors (Lipinski definition) is 5. The first-order chi connectivity index (χ1) is 17.0. The van der Waals surface area contributed by atoms with Crippen LogP contribution in [0.25, 0.3) is 0 Å². The number of aromatic nitrogens is 1. The van der Waals surface area contributed by atoms with Gasteiger partial charge in [-0.15, -0.1) is 0 Å². The Morgan fingerprint density at radius 2 is 1.57 bits per heavy atom. The summed E-state index contributed by atoms with van der Waals surface area (Å²) in [5.74, 6) is -4.15. The van der Waals surface area contributed by atoms with E-state index in [9.17, 15) is 35.9 Å². The topological polar surface area (TPSA) is 143 Å². The van der Waals surface area contributed by atoms with Crippen LogP contribution in [0.3, 0.4) is 0 Å². The van der Waals surface area contributed by atoms with E-state index in [-0.39, 0.29) is 17.9 Å². The molecule has 1 aromatic rings. The SMILES string of the molecule is CN1[C@@H]2CN(C(=O)c3cc[nH]c3)C[C@@H]2C[C@H]1C(=O)NCC1CC1.O=C(O)C(F)(F)F.O=C(O)C(F)(F)F. The third-order valence-corrected chi connectivity index (χ3v) is 6.13. The molecule has 2 saturated heterocycles. The molecule has 2 amide bonds. The van der Waals surface area contributed by atoms with E-state index < -0.39 is 24.3 Å². The summed E-state index contributed by atoms with van der Waals surface area (Å²) in [5, 5.41) is 17.3. The van der Waals surface area contributed by atoms with Crippen LogP contribution in [0.2, 0.25) is 0 Å². The Hall–Kier alpha value is -3.30. The minimum absolute atomic E-state index is 0.0340. The molecule has 0 bridgehead atoms. The van der Waals surface area contributed by atoms with Gasteiger partial charge in [0.15, 0.2) is 0 Å². The first-order valence-electron chi connectivity index (χ1n) is 11.0. The lowest BCUT2D eigenvalue weighted by Crippen LogP contribution is -2.46. The van der Waals surface area contributed by atoms with E-state index in [4.69, 9.17) is 19.8 Å². The minimum atomic E-state index is -5.08. The zero-order valence-electron chi connectivity index (χ0n) is 19.5. The van der Waals surface area contributed by atoms with Crippen molar-refractivity contribution in [2.75, 3.05) is 26.7 Å². The lowest BCUT2D eigenvalue weighted by atomic mass is 10.0. The predicted molar refractivity (Wildman–Crippen MR) is 113 cm³/mol. The van der Waals surface area contributed by atoms with Crippen LogP contribution in [0.15, 0.2) is 18.5 Å². The molecule has 37 heavy (non-hydrogen) atoms. The van der Waals surface area contributed by atoms with Crippen molar-refractivity contribution in [1.29, 1.82) is 0 Å². The molecule has 0 radical (unpaired) electrons. The summed E-state index contributed by atoms with van der Waals surface area (Å²) in [4.78, 5) is 49.7. The molecular formula is C21H26F6N4O6. The Morgan fingerprint density at radius 3 is 1.97 bits per heavy atom. The van der Waals surface area contributed by atoms with Gasteiger partial charge < -0.3 is 25.4 Å². The standard InChI is InChI=1S/C17H24N4O2.2C2HF3O2/c1-20-14(16(22)19-7-11-2-3-11)6-13-9-21(10-15(13)20)17(23)12-4-5-18-8-12;2*3-2(4,5)1(6)7/h4-5,8,11,13-15,18H,2-3,6-7,9-10H2,1H3,(H,19,22);2*(H,6,7)/t13-,14-,15+;;/m0../s1. The number of amides is 2. The molecule has 16 heteroatoms. The lowest BCUT2D eigenvalue weighted by Gasteiger charge is -2.26. The number of rotatable bonds is 4. The summed E-state index contributed by atoms with van der Waals surface area (Å²) < 4.78 is 63.5. The fourth-order valence-electron chi connectivity index (χ4n) is 4.01. The van der Waals surface area contributed by atoms with Crippen LogP contribution in [0.1, 0.15) is 29.6 Å². The highest BCUT2D eigenvalue weighted by Gasteiger charge is 2.48. The van der Waals surface area contributed by atoms with Gasteiger partial charge in [-0.3, -0.25) is 14.5 Å². The Balaban J connectivity index is 0.000000286. The summed E-state index contributed by atoms with van der Waals surface area (Å²) in [5.41, 5.74) is 0.714. The number of nitrogens with zero attached hydrogens (tertiary/aromatic N) is 2. The van der Waals surface area contributed by atoms with Crippen molar-refractivity contribution in [2.45, 2.75) is 43.7 Å². The molecule has 3 atom stereocenters. The molecule has 0 spiro atoms. The highest BCUT2D eigenvalue weighted by atomic mass is 19.4. The molecule has 4 N–H and O–H groups in total. The number of aromatic amines is 1. The summed E-state index contributed by atoms with van der Waals surface area (Å²) >= 11 is 0. The van der Waals surface area contributed by atoms with Gasteiger partial charge in [-0.1, -0.05) is 0 Å². The number of nitrogens with one attached hydrogen (secondary N) is 2. The van der Waals surface area contributed by atoms with E-state index >= 15 is 0 Å². The molecule has 0 aromatic carbocycles. The quantitative estimate of drug-likeness (QED) is 0.425. The maximum Gasteiger partial charge on any atom is 0.490 e. The minimum Gasteiger partial charge on any atom is -0.475 e. The monoisotopic (exact) mass is 544 g/mol. The van der Waals surface area contributed by atoms with Gasteiger partial charge in [0.1, 0.15) is 0 Å². The van der Waals surface area contributed by atoms with Crippen LogP contribution < -0.4 is 5.32 Å². The van der Waals surface area contributed by atoms with Gasteiger partial charge in [-0.05, 0) is 44.2 Å². The molecule has 0 unspecified atom stereocenters. The Morgan fingerprint density at radius 1 is 1.03 bits per heavy atom. The molecule has 10 nitrogen and oxygen atoms in total. The molecule has 2 aliphatic heterocycles. The predicted octanol–water partition coefficient (Wildman–Crippen LogP) is 1.95. The van der Waals surface area contributed by atoms with Crippen molar-refractivity contribution in [3.05, 3.63) is 24.0 Å². The fraction of sp³-hybridized carbons (Fsp3) is 0.619. The van der Waals surface area contributed by atoms with Crippen LogP contribution in [0, 0.1) is 11.8 Å². The van der Waals surface area contributed by atoms with E-state index in [0.29, 0.717) is 23.4 Å². The third kappa shape index (κ3) is 8.65. The van der Waals surface area contributed by atoms with Crippen molar-refractivity contribution in [3.63, 3.8) is 0 Å². The average molecular weight is 544 g/mol. The number of carboxylic acids is 2. The second-order valence-corrected chi connectivity index (χ2v) is 8.85. The van der Waals surface area contributed by atoms with E-state index in [1.807, 2.05) is 18.0 Å². The summed E-state index contributed by atoms with van der Waals surface area (Å²) in [6.07, 6.45) is -3.29. The van der Waals surface area contributed by atoms with Gasteiger partial charge in [0, 0.05) is 38.1 Å².